The Morgan fingerprint density at radius 1 is 1.22 bits per heavy atom. The zero-order chi connectivity index (χ0) is 16.6. The first-order chi connectivity index (χ1) is 10.9. The topological polar surface area (TPSA) is 63.2 Å². The van der Waals surface area contributed by atoms with Crippen LogP contribution in [0.5, 0.6) is 5.75 Å². The third-order valence-electron chi connectivity index (χ3n) is 3.81. The molecule has 0 bridgehead atoms. The number of aryl methyl sites for hydroxylation is 1. The van der Waals surface area contributed by atoms with Gasteiger partial charge in [0.2, 0.25) is 11.9 Å². The van der Waals surface area contributed by atoms with Crippen molar-refractivity contribution in [2.45, 2.75) is 32.7 Å². The molecule has 6 heteroatoms. The zero-order valence-electron chi connectivity index (χ0n) is 14.3. The van der Waals surface area contributed by atoms with Gasteiger partial charge in [-0.25, -0.2) is 0 Å². The van der Waals surface area contributed by atoms with E-state index in [0.29, 0.717) is 18.5 Å². The Morgan fingerprint density at radius 3 is 2.70 bits per heavy atom. The van der Waals surface area contributed by atoms with Crippen molar-refractivity contribution < 1.29 is 4.74 Å². The van der Waals surface area contributed by atoms with Crippen molar-refractivity contribution in [2.75, 3.05) is 30.9 Å². The minimum absolute atomic E-state index is 0.0577. The van der Waals surface area contributed by atoms with Crippen molar-refractivity contribution in [3.8, 4) is 5.75 Å². The van der Waals surface area contributed by atoms with E-state index in [2.05, 4.69) is 53.2 Å². The van der Waals surface area contributed by atoms with Gasteiger partial charge in [0.25, 0.3) is 0 Å². The fourth-order valence-electron chi connectivity index (χ4n) is 2.51. The summed E-state index contributed by atoms with van der Waals surface area (Å²) in [6.45, 7) is 6.82. The van der Waals surface area contributed by atoms with Crippen LogP contribution in [0.4, 0.5) is 11.9 Å². The van der Waals surface area contributed by atoms with Crippen LogP contribution in [-0.4, -0.2) is 35.7 Å². The predicted molar refractivity (Wildman–Crippen MR) is 91.3 cm³/mol. The molecule has 1 aliphatic heterocycles. The van der Waals surface area contributed by atoms with Crippen LogP contribution in [0.15, 0.2) is 18.2 Å². The summed E-state index contributed by atoms with van der Waals surface area (Å²) >= 11 is 0. The van der Waals surface area contributed by atoms with Gasteiger partial charge in [0.15, 0.2) is 0 Å². The number of anilines is 2. The van der Waals surface area contributed by atoms with Crippen LogP contribution in [0.25, 0.3) is 0 Å². The molecule has 1 aromatic heterocycles. The van der Waals surface area contributed by atoms with Crippen molar-refractivity contribution in [1.82, 2.24) is 15.0 Å². The molecule has 0 amide bonds. The van der Waals surface area contributed by atoms with E-state index in [4.69, 9.17) is 4.74 Å². The molecule has 23 heavy (non-hydrogen) atoms. The molecular formula is C17H23N5O. The molecule has 0 saturated carbocycles. The number of aromatic nitrogens is 3. The van der Waals surface area contributed by atoms with Gasteiger partial charge in [0.1, 0.15) is 18.2 Å². The minimum Gasteiger partial charge on any atom is -0.491 e. The largest absolute Gasteiger partial charge is 0.491 e. The monoisotopic (exact) mass is 313 g/mol. The number of nitrogens with zero attached hydrogens (tertiary/aromatic N) is 4. The summed E-state index contributed by atoms with van der Waals surface area (Å²) in [6.07, 6.45) is 0. The van der Waals surface area contributed by atoms with E-state index in [1.807, 2.05) is 25.1 Å². The lowest BCUT2D eigenvalue weighted by Crippen LogP contribution is -2.19. The van der Waals surface area contributed by atoms with E-state index >= 15 is 0 Å². The van der Waals surface area contributed by atoms with E-state index in [9.17, 15) is 0 Å². The summed E-state index contributed by atoms with van der Waals surface area (Å²) in [6, 6.07) is 6.29. The minimum atomic E-state index is 0.0577. The Morgan fingerprint density at radius 2 is 2.00 bits per heavy atom. The average Bonchev–Trinajstić information content (AvgIpc) is 2.89. The highest BCUT2D eigenvalue weighted by Crippen LogP contribution is 2.34. The van der Waals surface area contributed by atoms with E-state index in [0.717, 1.165) is 17.1 Å². The fourth-order valence-corrected chi connectivity index (χ4v) is 2.51. The highest BCUT2D eigenvalue weighted by molar-refractivity contribution is 5.47. The molecule has 0 aliphatic carbocycles. The second-order valence-corrected chi connectivity index (χ2v) is 6.42. The first-order valence-electron chi connectivity index (χ1n) is 7.87. The normalized spacial score (nSPS) is 16.2. The van der Waals surface area contributed by atoms with Gasteiger partial charge in [-0.2, -0.15) is 15.0 Å². The molecule has 0 radical (unpaired) electrons. The highest BCUT2D eigenvalue weighted by atomic mass is 16.5. The second-order valence-electron chi connectivity index (χ2n) is 6.42. The smallest absolute Gasteiger partial charge is 0.229 e. The molecule has 0 spiro atoms. The molecule has 1 unspecified atom stereocenters. The number of fused-ring (bicyclic) bond motifs is 1. The molecule has 0 fully saturated rings. The van der Waals surface area contributed by atoms with Crippen molar-refractivity contribution >= 4 is 11.9 Å². The van der Waals surface area contributed by atoms with Gasteiger partial charge < -0.3 is 15.0 Å². The summed E-state index contributed by atoms with van der Waals surface area (Å²) in [7, 11) is 3.86. The van der Waals surface area contributed by atoms with E-state index in [-0.39, 0.29) is 12.0 Å². The predicted octanol–water partition coefficient (Wildman–Crippen LogP) is 2.92. The molecule has 1 aliphatic rings. The van der Waals surface area contributed by atoms with Crippen LogP contribution in [0.3, 0.4) is 0 Å². The van der Waals surface area contributed by atoms with Gasteiger partial charge in [-0.15, -0.1) is 0 Å². The van der Waals surface area contributed by atoms with E-state index in [1.54, 1.807) is 0 Å². The molecule has 1 atom stereocenters. The number of rotatable bonds is 4. The summed E-state index contributed by atoms with van der Waals surface area (Å²) in [4.78, 5) is 15.5. The van der Waals surface area contributed by atoms with Crippen LogP contribution < -0.4 is 15.0 Å². The molecule has 1 N–H and O–H groups in total. The molecular weight excluding hydrogens is 290 g/mol. The van der Waals surface area contributed by atoms with Crippen LogP contribution in [0.1, 0.15) is 42.8 Å². The number of benzene rings is 1. The SMILES string of the molecule is Cc1ccc2c(c1)C(Nc1nc(C(C)C)nc(N(C)C)n1)CO2. The maximum atomic E-state index is 5.75. The first-order valence-corrected chi connectivity index (χ1v) is 7.87. The van der Waals surface area contributed by atoms with Gasteiger partial charge in [0, 0.05) is 25.6 Å². The average molecular weight is 313 g/mol. The molecule has 0 saturated heterocycles. The summed E-state index contributed by atoms with van der Waals surface area (Å²) in [5.74, 6) is 3.21. The third-order valence-corrected chi connectivity index (χ3v) is 3.81. The first kappa shape index (κ1) is 15.5. The van der Waals surface area contributed by atoms with Gasteiger partial charge >= 0.3 is 0 Å². The number of hydrogen-bond donors (Lipinski definition) is 1. The second kappa shape index (κ2) is 6.02. The zero-order valence-corrected chi connectivity index (χ0v) is 14.3. The molecule has 6 nitrogen and oxygen atoms in total. The van der Waals surface area contributed by atoms with Gasteiger partial charge in [0.05, 0.1) is 6.04 Å². The van der Waals surface area contributed by atoms with Crippen molar-refractivity contribution in [1.29, 1.82) is 0 Å². The number of ether oxygens (including phenoxy) is 1. The van der Waals surface area contributed by atoms with Crippen molar-refractivity contribution in [2.24, 2.45) is 0 Å². The Kier molecular flexibility index (Phi) is 4.07. The molecule has 3 rings (SSSR count). The lowest BCUT2D eigenvalue weighted by atomic mass is 10.1. The fraction of sp³-hybridized carbons (Fsp3) is 0.471. The quantitative estimate of drug-likeness (QED) is 0.936. The van der Waals surface area contributed by atoms with Crippen molar-refractivity contribution in [3.63, 3.8) is 0 Å². The molecule has 1 aromatic carbocycles. The molecule has 122 valence electrons. The van der Waals surface area contributed by atoms with Crippen LogP contribution >= 0.6 is 0 Å². The van der Waals surface area contributed by atoms with Gasteiger partial charge in [-0.1, -0.05) is 31.5 Å². The van der Waals surface area contributed by atoms with Gasteiger partial charge in [-0.3, -0.25) is 0 Å². The maximum absolute atomic E-state index is 5.75. The van der Waals surface area contributed by atoms with Crippen LogP contribution in [0.2, 0.25) is 0 Å². The Labute approximate surface area is 136 Å². The molecule has 2 aromatic rings. The van der Waals surface area contributed by atoms with E-state index < -0.39 is 0 Å². The Bertz CT molecular complexity index is 688. The third kappa shape index (κ3) is 3.21. The summed E-state index contributed by atoms with van der Waals surface area (Å²) in [5, 5.41) is 3.40. The lowest BCUT2D eigenvalue weighted by molar-refractivity contribution is 0.339. The highest BCUT2D eigenvalue weighted by Gasteiger charge is 2.25. The maximum Gasteiger partial charge on any atom is 0.229 e. The Balaban J connectivity index is 1.91. The lowest BCUT2D eigenvalue weighted by Gasteiger charge is -2.17. The van der Waals surface area contributed by atoms with Crippen molar-refractivity contribution in [3.05, 3.63) is 35.2 Å². The summed E-state index contributed by atoms with van der Waals surface area (Å²) in [5.41, 5.74) is 2.37. The van der Waals surface area contributed by atoms with Gasteiger partial charge in [-0.05, 0) is 13.0 Å². The molecule has 2 heterocycles. The van der Waals surface area contributed by atoms with Crippen LogP contribution in [-0.2, 0) is 0 Å². The number of hydrogen-bond acceptors (Lipinski definition) is 6. The summed E-state index contributed by atoms with van der Waals surface area (Å²) < 4.78 is 5.75. The van der Waals surface area contributed by atoms with Crippen LogP contribution in [0, 0.1) is 6.92 Å². The Hall–Kier alpha value is -2.37. The number of nitrogens with one attached hydrogen (secondary N) is 1. The standard InChI is InChI=1S/C17H23N5O/c1-10(2)15-19-16(21-17(20-15)22(4)5)18-13-9-23-14-7-6-11(3)8-12(13)14/h6-8,10,13H,9H2,1-5H3,(H,18,19,20,21). The van der Waals surface area contributed by atoms with E-state index in [1.165, 1.54) is 5.56 Å².